The fourth-order valence-corrected chi connectivity index (χ4v) is 3.44. The smallest absolute Gasteiger partial charge is 0.159 e. The standard InChI is InChI=1S/C16H24N4OSi/c1-12-9-19(11-21-6-7-22(3,4)5)16-15(12)20-10-17-8-14(20)13(2)18-16/h8-10H,6-7,11H2,1-5H3. The van der Waals surface area contributed by atoms with Crippen LogP contribution in [0.1, 0.15) is 11.3 Å². The molecule has 5 nitrogen and oxygen atoms in total. The van der Waals surface area contributed by atoms with Gasteiger partial charge in [0.25, 0.3) is 0 Å². The minimum atomic E-state index is -1.04. The predicted octanol–water partition coefficient (Wildman–Crippen LogP) is 3.61. The van der Waals surface area contributed by atoms with Gasteiger partial charge in [-0.3, -0.25) is 4.40 Å². The summed E-state index contributed by atoms with van der Waals surface area (Å²) >= 11 is 0. The van der Waals surface area contributed by atoms with Crippen LogP contribution in [-0.2, 0) is 11.5 Å². The van der Waals surface area contributed by atoms with Gasteiger partial charge in [-0.1, -0.05) is 19.6 Å². The molecule has 0 fully saturated rings. The number of fused-ring (bicyclic) bond motifs is 3. The molecule has 3 rings (SSSR count). The van der Waals surface area contributed by atoms with Crippen molar-refractivity contribution < 1.29 is 4.74 Å². The van der Waals surface area contributed by atoms with Gasteiger partial charge in [-0.15, -0.1) is 0 Å². The quantitative estimate of drug-likeness (QED) is 0.533. The summed E-state index contributed by atoms with van der Waals surface area (Å²) < 4.78 is 10.1. The molecule has 3 heterocycles. The van der Waals surface area contributed by atoms with E-state index < -0.39 is 8.07 Å². The Morgan fingerprint density at radius 1 is 1.23 bits per heavy atom. The fourth-order valence-electron chi connectivity index (χ4n) is 2.68. The van der Waals surface area contributed by atoms with Gasteiger partial charge in [0.2, 0.25) is 0 Å². The molecule has 0 saturated carbocycles. The van der Waals surface area contributed by atoms with Gasteiger partial charge >= 0.3 is 0 Å². The Morgan fingerprint density at radius 2 is 2.00 bits per heavy atom. The summed E-state index contributed by atoms with van der Waals surface area (Å²) in [5.41, 5.74) is 5.33. The molecule has 0 amide bonds. The maximum atomic E-state index is 5.88. The largest absolute Gasteiger partial charge is 0.361 e. The normalized spacial score (nSPS) is 12.6. The zero-order valence-electron chi connectivity index (χ0n) is 14.1. The van der Waals surface area contributed by atoms with Gasteiger partial charge in [0, 0.05) is 20.9 Å². The van der Waals surface area contributed by atoms with Crippen LogP contribution in [0.25, 0.3) is 16.7 Å². The highest BCUT2D eigenvalue weighted by Gasteiger charge is 2.14. The third-order valence-corrected chi connectivity index (χ3v) is 5.66. The van der Waals surface area contributed by atoms with Crippen molar-refractivity contribution in [3.8, 4) is 0 Å². The van der Waals surface area contributed by atoms with E-state index >= 15 is 0 Å². The van der Waals surface area contributed by atoms with Crippen molar-refractivity contribution in [1.82, 2.24) is 18.9 Å². The number of aryl methyl sites for hydroxylation is 2. The molecular formula is C16H24N4OSi. The van der Waals surface area contributed by atoms with Crippen LogP contribution in [0.2, 0.25) is 25.7 Å². The molecule has 0 aliphatic carbocycles. The predicted molar refractivity (Wildman–Crippen MR) is 92.1 cm³/mol. The lowest BCUT2D eigenvalue weighted by atomic mass is 10.3. The minimum Gasteiger partial charge on any atom is -0.361 e. The third kappa shape index (κ3) is 2.80. The second-order valence-corrected chi connectivity index (χ2v) is 12.8. The van der Waals surface area contributed by atoms with E-state index in [-0.39, 0.29) is 0 Å². The number of ether oxygens (including phenoxy) is 1. The van der Waals surface area contributed by atoms with E-state index in [2.05, 4.69) is 46.7 Å². The molecule has 0 radical (unpaired) electrons. The van der Waals surface area contributed by atoms with Crippen LogP contribution in [0.15, 0.2) is 18.7 Å². The summed E-state index contributed by atoms with van der Waals surface area (Å²) in [6, 6.07) is 1.18. The molecule has 0 aromatic carbocycles. The number of hydrogen-bond donors (Lipinski definition) is 0. The highest BCUT2D eigenvalue weighted by Crippen LogP contribution is 2.22. The van der Waals surface area contributed by atoms with Gasteiger partial charge < -0.3 is 9.30 Å². The molecule has 118 valence electrons. The van der Waals surface area contributed by atoms with Crippen molar-refractivity contribution in [3.63, 3.8) is 0 Å². The van der Waals surface area contributed by atoms with E-state index in [9.17, 15) is 0 Å². The summed E-state index contributed by atoms with van der Waals surface area (Å²) in [7, 11) is -1.04. The highest BCUT2D eigenvalue weighted by atomic mass is 28.3. The lowest BCUT2D eigenvalue weighted by molar-refractivity contribution is 0.0898. The molecule has 22 heavy (non-hydrogen) atoms. The first-order valence-electron chi connectivity index (χ1n) is 7.73. The summed E-state index contributed by atoms with van der Waals surface area (Å²) in [4.78, 5) is 9.01. The molecule has 0 bridgehead atoms. The van der Waals surface area contributed by atoms with Crippen LogP contribution in [0.4, 0.5) is 0 Å². The number of hydrogen-bond acceptors (Lipinski definition) is 3. The first kappa shape index (κ1) is 15.2. The first-order chi connectivity index (χ1) is 10.4. The lowest BCUT2D eigenvalue weighted by Gasteiger charge is -2.15. The van der Waals surface area contributed by atoms with Gasteiger partial charge in [-0.2, -0.15) is 0 Å². The van der Waals surface area contributed by atoms with Crippen LogP contribution >= 0.6 is 0 Å². The highest BCUT2D eigenvalue weighted by molar-refractivity contribution is 6.76. The molecule has 3 aromatic heterocycles. The number of aromatic nitrogens is 4. The zero-order valence-corrected chi connectivity index (χ0v) is 15.1. The second-order valence-electron chi connectivity index (χ2n) is 7.15. The zero-order chi connectivity index (χ0) is 15.9. The van der Waals surface area contributed by atoms with Crippen molar-refractivity contribution in [2.75, 3.05) is 6.61 Å². The van der Waals surface area contributed by atoms with E-state index in [0.717, 1.165) is 29.0 Å². The van der Waals surface area contributed by atoms with Crippen LogP contribution < -0.4 is 0 Å². The Kier molecular flexibility index (Phi) is 3.82. The van der Waals surface area contributed by atoms with Gasteiger partial charge in [0.05, 0.1) is 29.3 Å². The Bertz CT molecular complexity index is 813. The van der Waals surface area contributed by atoms with E-state index in [4.69, 9.17) is 9.72 Å². The van der Waals surface area contributed by atoms with E-state index in [0.29, 0.717) is 6.73 Å². The molecule has 0 unspecified atom stereocenters. The van der Waals surface area contributed by atoms with Crippen molar-refractivity contribution >= 4 is 24.8 Å². The second kappa shape index (κ2) is 5.51. The van der Waals surface area contributed by atoms with E-state index in [1.807, 2.05) is 19.4 Å². The van der Waals surface area contributed by atoms with Crippen LogP contribution in [0.5, 0.6) is 0 Å². The lowest BCUT2D eigenvalue weighted by Crippen LogP contribution is -2.22. The monoisotopic (exact) mass is 316 g/mol. The SMILES string of the molecule is Cc1nc2c(c(C)cn2COCC[Si](C)(C)C)n2cncc12. The summed E-state index contributed by atoms with van der Waals surface area (Å²) in [6.07, 6.45) is 5.84. The fraction of sp³-hybridized carbons (Fsp3) is 0.500. The topological polar surface area (TPSA) is 44.4 Å². The van der Waals surface area contributed by atoms with Gasteiger partial charge in [-0.05, 0) is 25.5 Å². The molecule has 0 N–H and O–H groups in total. The Hall–Kier alpha value is -1.66. The Morgan fingerprint density at radius 3 is 2.73 bits per heavy atom. The molecule has 0 aliphatic heterocycles. The van der Waals surface area contributed by atoms with Crippen molar-refractivity contribution in [2.45, 2.75) is 46.3 Å². The van der Waals surface area contributed by atoms with Crippen molar-refractivity contribution in [3.05, 3.63) is 30.0 Å². The number of nitrogens with zero attached hydrogens (tertiary/aromatic N) is 4. The van der Waals surface area contributed by atoms with Gasteiger partial charge in [-0.25, -0.2) is 9.97 Å². The Labute approximate surface area is 132 Å². The van der Waals surface area contributed by atoms with Crippen LogP contribution in [0.3, 0.4) is 0 Å². The molecule has 0 spiro atoms. The van der Waals surface area contributed by atoms with E-state index in [1.54, 1.807) is 0 Å². The van der Waals surface area contributed by atoms with Crippen LogP contribution in [0, 0.1) is 13.8 Å². The number of imidazole rings is 1. The average Bonchev–Trinajstić information content (AvgIpc) is 2.99. The summed E-state index contributed by atoms with van der Waals surface area (Å²) in [6.45, 7) is 12.6. The van der Waals surface area contributed by atoms with Gasteiger partial charge in [0.1, 0.15) is 6.73 Å². The third-order valence-electron chi connectivity index (χ3n) is 3.96. The summed E-state index contributed by atoms with van der Waals surface area (Å²) in [5, 5.41) is 0. The molecule has 6 heteroatoms. The van der Waals surface area contributed by atoms with Gasteiger partial charge in [0.15, 0.2) is 5.65 Å². The van der Waals surface area contributed by atoms with Crippen molar-refractivity contribution in [2.24, 2.45) is 0 Å². The molecule has 0 saturated heterocycles. The van der Waals surface area contributed by atoms with Crippen molar-refractivity contribution in [1.29, 1.82) is 0 Å². The first-order valence-corrected chi connectivity index (χ1v) is 11.4. The molecular weight excluding hydrogens is 292 g/mol. The molecule has 0 atom stereocenters. The maximum Gasteiger partial charge on any atom is 0.159 e. The molecule has 3 aromatic rings. The molecule has 0 aliphatic rings. The Balaban J connectivity index is 1.89. The number of rotatable bonds is 5. The van der Waals surface area contributed by atoms with Crippen LogP contribution in [-0.4, -0.2) is 33.6 Å². The average molecular weight is 316 g/mol. The minimum absolute atomic E-state index is 0.557. The summed E-state index contributed by atoms with van der Waals surface area (Å²) in [5.74, 6) is 0. The van der Waals surface area contributed by atoms with E-state index in [1.165, 1.54) is 11.6 Å². The maximum absolute atomic E-state index is 5.88.